The Balaban J connectivity index is 1.73. The van der Waals surface area contributed by atoms with E-state index in [2.05, 4.69) is 25.5 Å². The molecule has 1 aromatic heterocycles. The fraction of sp³-hybridized carbons (Fsp3) is 0.692. The maximum atomic E-state index is 5.34. The van der Waals surface area contributed by atoms with Gasteiger partial charge in [-0.1, -0.05) is 0 Å². The molecule has 0 unspecified atom stereocenters. The summed E-state index contributed by atoms with van der Waals surface area (Å²) in [7, 11) is 1.87. The summed E-state index contributed by atoms with van der Waals surface area (Å²) in [6.45, 7) is 7.90. The molecular formula is C13H23N5O. The first kappa shape index (κ1) is 14.0. The molecule has 6 nitrogen and oxygen atoms in total. The minimum atomic E-state index is 0.865. The Kier molecular flexibility index (Phi) is 5.35. The number of nitrogens with one attached hydrogen (secondary N) is 2. The van der Waals surface area contributed by atoms with Gasteiger partial charge in [-0.25, -0.2) is 9.97 Å². The molecule has 0 amide bonds. The Bertz CT molecular complexity index is 393. The van der Waals surface area contributed by atoms with Gasteiger partial charge in [-0.05, 0) is 19.9 Å². The van der Waals surface area contributed by atoms with Crippen LogP contribution in [0.1, 0.15) is 12.0 Å². The van der Waals surface area contributed by atoms with Crippen molar-refractivity contribution < 1.29 is 4.74 Å². The molecule has 0 bridgehead atoms. The van der Waals surface area contributed by atoms with Crippen molar-refractivity contribution >= 4 is 11.6 Å². The highest BCUT2D eigenvalue weighted by molar-refractivity contribution is 5.55. The zero-order chi connectivity index (χ0) is 13.5. The van der Waals surface area contributed by atoms with Gasteiger partial charge < -0.3 is 15.4 Å². The number of ether oxygens (including phenoxy) is 1. The van der Waals surface area contributed by atoms with Crippen molar-refractivity contribution in [1.82, 2.24) is 14.9 Å². The van der Waals surface area contributed by atoms with Gasteiger partial charge in [0.25, 0.3) is 0 Å². The second-order valence-corrected chi connectivity index (χ2v) is 4.68. The number of nitrogens with zero attached hydrogens (tertiary/aromatic N) is 3. The average Bonchev–Trinajstić information content (AvgIpc) is 2.46. The molecule has 0 aromatic carbocycles. The van der Waals surface area contributed by atoms with Crippen LogP contribution in [-0.4, -0.2) is 61.3 Å². The molecular weight excluding hydrogens is 242 g/mol. The summed E-state index contributed by atoms with van der Waals surface area (Å²) in [5.41, 5.74) is 1.07. The van der Waals surface area contributed by atoms with Gasteiger partial charge in [0.05, 0.1) is 13.2 Å². The van der Waals surface area contributed by atoms with Crippen LogP contribution in [0, 0.1) is 6.92 Å². The highest BCUT2D eigenvalue weighted by Gasteiger charge is 2.09. The Morgan fingerprint density at radius 3 is 2.74 bits per heavy atom. The first-order valence-electron chi connectivity index (χ1n) is 6.84. The van der Waals surface area contributed by atoms with Crippen LogP contribution >= 0.6 is 0 Å². The van der Waals surface area contributed by atoms with Crippen molar-refractivity contribution in [3.05, 3.63) is 11.9 Å². The highest BCUT2D eigenvalue weighted by Crippen LogP contribution is 2.17. The van der Waals surface area contributed by atoms with Crippen LogP contribution in [0.2, 0.25) is 0 Å². The summed E-state index contributed by atoms with van der Waals surface area (Å²) in [5, 5.41) is 6.44. The van der Waals surface area contributed by atoms with Crippen molar-refractivity contribution in [3.63, 3.8) is 0 Å². The van der Waals surface area contributed by atoms with E-state index < -0.39 is 0 Å². The summed E-state index contributed by atoms with van der Waals surface area (Å²) in [4.78, 5) is 10.9. The third-order valence-corrected chi connectivity index (χ3v) is 3.37. The van der Waals surface area contributed by atoms with Crippen molar-refractivity contribution in [3.8, 4) is 0 Å². The summed E-state index contributed by atoms with van der Waals surface area (Å²) in [6.07, 6.45) is 2.70. The van der Waals surface area contributed by atoms with E-state index in [0.717, 1.165) is 63.0 Å². The van der Waals surface area contributed by atoms with Crippen LogP contribution in [0.25, 0.3) is 0 Å². The topological polar surface area (TPSA) is 62.3 Å². The van der Waals surface area contributed by atoms with Crippen molar-refractivity contribution in [2.24, 2.45) is 0 Å². The van der Waals surface area contributed by atoms with Crippen molar-refractivity contribution in [1.29, 1.82) is 0 Å². The molecule has 106 valence electrons. The first-order valence-corrected chi connectivity index (χ1v) is 6.84. The highest BCUT2D eigenvalue weighted by atomic mass is 16.5. The predicted octanol–water partition coefficient (Wildman–Crippen LogP) is 0.961. The van der Waals surface area contributed by atoms with E-state index in [9.17, 15) is 0 Å². The van der Waals surface area contributed by atoms with E-state index in [1.165, 1.54) is 0 Å². The number of rotatable bonds is 6. The molecule has 1 fully saturated rings. The second-order valence-electron chi connectivity index (χ2n) is 4.68. The zero-order valence-corrected chi connectivity index (χ0v) is 11.8. The molecule has 0 aliphatic carbocycles. The van der Waals surface area contributed by atoms with E-state index in [-0.39, 0.29) is 0 Å². The molecule has 0 atom stereocenters. The zero-order valence-electron chi connectivity index (χ0n) is 11.8. The minimum Gasteiger partial charge on any atom is -0.379 e. The lowest BCUT2D eigenvalue weighted by Gasteiger charge is -2.26. The maximum absolute atomic E-state index is 5.34. The SMILES string of the molecule is CNc1ncnc(NCCCN2CCOCC2)c1C. The fourth-order valence-electron chi connectivity index (χ4n) is 2.21. The van der Waals surface area contributed by atoms with Crippen LogP contribution in [0.4, 0.5) is 11.6 Å². The summed E-state index contributed by atoms with van der Waals surface area (Å²) < 4.78 is 5.34. The molecule has 1 saturated heterocycles. The van der Waals surface area contributed by atoms with Crippen LogP contribution < -0.4 is 10.6 Å². The van der Waals surface area contributed by atoms with Gasteiger partial charge in [0.2, 0.25) is 0 Å². The molecule has 1 aliphatic heterocycles. The predicted molar refractivity (Wildman–Crippen MR) is 76.7 cm³/mol. The van der Waals surface area contributed by atoms with Gasteiger partial charge in [0.15, 0.2) is 0 Å². The number of aromatic nitrogens is 2. The van der Waals surface area contributed by atoms with E-state index in [4.69, 9.17) is 4.74 Å². The average molecular weight is 265 g/mol. The number of hydrogen-bond acceptors (Lipinski definition) is 6. The Morgan fingerprint density at radius 1 is 1.26 bits per heavy atom. The summed E-state index contributed by atoms with van der Waals surface area (Å²) in [5.74, 6) is 1.80. The van der Waals surface area contributed by atoms with Crippen LogP contribution in [-0.2, 0) is 4.74 Å². The molecule has 2 rings (SSSR count). The molecule has 0 saturated carbocycles. The molecule has 0 radical (unpaired) electrons. The van der Waals surface area contributed by atoms with Gasteiger partial charge in [0.1, 0.15) is 18.0 Å². The molecule has 1 aromatic rings. The van der Waals surface area contributed by atoms with E-state index in [1.807, 2.05) is 14.0 Å². The van der Waals surface area contributed by atoms with Gasteiger partial charge >= 0.3 is 0 Å². The van der Waals surface area contributed by atoms with Gasteiger partial charge in [-0.2, -0.15) is 0 Å². The lowest BCUT2D eigenvalue weighted by molar-refractivity contribution is 0.0378. The third kappa shape index (κ3) is 4.04. The maximum Gasteiger partial charge on any atom is 0.134 e. The molecule has 0 spiro atoms. The number of hydrogen-bond donors (Lipinski definition) is 2. The van der Waals surface area contributed by atoms with Crippen molar-refractivity contribution in [2.75, 3.05) is 57.1 Å². The molecule has 6 heteroatoms. The standard InChI is InChI=1S/C13H23N5O/c1-11-12(14-2)16-10-17-13(11)15-4-3-5-18-6-8-19-9-7-18/h10H,3-9H2,1-2H3,(H2,14,15,16,17). The Morgan fingerprint density at radius 2 is 2.00 bits per heavy atom. The third-order valence-electron chi connectivity index (χ3n) is 3.37. The second kappa shape index (κ2) is 7.25. The van der Waals surface area contributed by atoms with Gasteiger partial charge in [-0.15, -0.1) is 0 Å². The van der Waals surface area contributed by atoms with Crippen LogP contribution in [0.15, 0.2) is 6.33 Å². The van der Waals surface area contributed by atoms with E-state index in [1.54, 1.807) is 6.33 Å². The van der Waals surface area contributed by atoms with Crippen LogP contribution in [0.3, 0.4) is 0 Å². The Hall–Kier alpha value is -1.40. The molecule has 2 N–H and O–H groups in total. The summed E-state index contributed by atoms with van der Waals surface area (Å²) in [6, 6.07) is 0. The summed E-state index contributed by atoms with van der Waals surface area (Å²) >= 11 is 0. The van der Waals surface area contributed by atoms with Gasteiger partial charge in [0, 0.05) is 32.2 Å². The first-order chi connectivity index (χ1) is 9.31. The lowest BCUT2D eigenvalue weighted by atomic mass is 10.3. The van der Waals surface area contributed by atoms with E-state index >= 15 is 0 Å². The van der Waals surface area contributed by atoms with Crippen LogP contribution in [0.5, 0.6) is 0 Å². The number of morpholine rings is 1. The monoisotopic (exact) mass is 265 g/mol. The lowest BCUT2D eigenvalue weighted by Crippen LogP contribution is -2.37. The normalized spacial score (nSPS) is 16.3. The largest absolute Gasteiger partial charge is 0.379 e. The van der Waals surface area contributed by atoms with E-state index in [0.29, 0.717) is 0 Å². The molecule has 1 aliphatic rings. The fourth-order valence-corrected chi connectivity index (χ4v) is 2.21. The smallest absolute Gasteiger partial charge is 0.134 e. The number of anilines is 2. The Labute approximate surface area is 114 Å². The quantitative estimate of drug-likeness (QED) is 0.747. The van der Waals surface area contributed by atoms with Gasteiger partial charge in [-0.3, -0.25) is 4.90 Å². The van der Waals surface area contributed by atoms with Crippen molar-refractivity contribution in [2.45, 2.75) is 13.3 Å². The minimum absolute atomic E-state index is 0.865. The molecule has 19 heavy (non-hydrogen) atoms. The molecule has 2 heterocycles.